The summed E-state index contributed by atoms with van der Waals surface area (Å²) in [6.45, 7) is 1.02. The van der Waals surface area contributed by atoms with Crippen LogP contribution in [0, 0.1) is 0 Å². The highest BCUT2D eigenvalue weighted by molar-refractivity contribution is 5.47. The lowest BCUT2D eigenvalue weighted by Crippen LogP contribution is -2.18. The van der Waals surface area contributed by atoms with Gasteiger partial charge in [0.05, 0.1) is 13.4 Å². The van der Waals surface area contributed by atoms with Crippen LogP contribution < -0.4 is 21.3 Å². The van der Waals surface area contributed by atoms with Crippen LogP contribution in [0.25, 0.3) is 0 Å². The van der Waals surface area contributed by atoms with E-state index >= 15 is 0 Å². The summed E-state index contributed by atoms with van der Waals surface area (Å²) in [5, 5.41) is 2.87. The number of methoxy groups -OCH3 is 1. The maximum Gasteiger partial charge on any atom is 0.295 e. The lowest BCUT2D eigenvalue weighted by atomic mass is 10.5. The molecule has 0 aliphatic heterocycles. The number of nitrogens with one attached hydrogen (secondary N) is 2. The zero-order valence-electron chi connectivity index (χ0n) is 7.33. The first-order chi connectivity index (χ1) is 6.29. The summed E-state index contributed by atoms with van der Waals surface area (Å²) in [4.78, 5) is 17.4. The van der Waals surface area contributed by atoms with Crippen molar-refractivity contribution in [3.63, 3.8) is 0 Å². The van der Waals surface area contributed by atoms with E-state index in [1.165, 1.54) is 13.4 Å². The van der Waals surface area contributed by atoms with Crippen molar-refractivity contribution < 1.29 is 4.74 Å². The highest BCUT2D eigenvalue weighted by atomic mass is 16.5. The standard InChI is InChI=1S/C7H12N4O2/c1-13-5-6(9-3-2-8)10-4-11-7(5)12/h4H,2-3,8H2,1H3,(H2,9,10,11,12). The van der Waals surface area contributed by atoms with Crippen molar-refractivity contribution in [2.75, 3.05) is 25.5 Å². The molecule has 0 atom stereocenters. The van der Waals surface area contributed by atoms with Crippen molar-refractivity contribution in [2.24, 2.45) is 5.73 Å². The van der Waals surface area contributed by atoms with E-state index in [4.69, 9.17) is 10.5 Å². The number of rotatable bonds is 4. The average molecular weight is 184 g/mol. The van der Waals surface area contributed by atoms with Gasteiger partial charge < -0.3 is 20.8 Å². The fourth-order valence-electron chi connectivity index (χ4n) is 0.893. The summed E-state index contributed by atoms with van der Waals surface area (Å²) in [5.41, 5.74) is 4.98. The van der Waals surface area contributed by atoms with E-state index in [1.807, 2.05) is 0 Å². The van der Waals surface area contributed by atoms with Crippen LogP contribution in [-0.4, -0.2) is 30.2 Å². The molecule has 4 N–H and O–H groups in total. The summed E-state index contributed by atoms with van der Waals surface area (Å²) in [6.07, 6.45) is 1.31. The van der Waals surface area contributed by atoms with E-state index in [0.29, 0.717) is 18.9 Å². The van der Waals surface area contributed by atoms with Gasteiger partial charge in [-0.2, -0.15) is 0 Å². The fraction of sp³-hybridized carbons (Fsp3) is 0.429. The Morgan fingerprint density at radius 3 is 3.15 bits per heavy atom. The number of nitrogens with two attached hydrogens (primary N) is 1. The summed E-state index contributed by atoms with van der Waals surface area (Å²) in [6, 6.07) is 0. The van der Waals surface area contributed by atoms with E-state index in [-0.39, 0.29) is 11.3 Å². The number of hydrogen-bond acceptors (Lipinski definition) is 5. The van der Waals surface area contributed by atoms with Crippen LogP contribution in [0.3, 0.4) is 0 Å². The van der Waals surface area contributed by atoms with Crippen LogP contribution in [0.4, 0.5) is 5.82 Å². The van der Waals surface area contributed by atoms with Crippen molar-refractivity contribution in [3.05, 3.63) is 16.7 Å². The van der Waals surface area contributed by atoms with Crippen LogP contribution in [-0.2, 0) is 0 Å². The number of aromatic nitrogens is 2. The molecular formula is C7H12N4O2. The van der Waals surface area contributed by atoms with Gasteiger partial charge in [0.15, 0.2) is 5.82 Å². The van der Waals surface area contributed by atoms with Gasteiger partial charge in [0.25, 0.3) is 5.56 Å². The largest absolute Gasteiger partial charge is 0.489 e. The Labute approximate surface area is 75.1 Å². The second kappa shape index (κ2) is 4.46. The van der Waals surface area contributed by atoms with E-state index < -0.39 is 0 Å². The predicted molar refractivity (Wildman–Crippen MR) is 49.0 cm³/mol. The zero-order valence-corrected chi connectivity index (χ0v) is 7.33. The van der Waals surface area contributed by atoms with Crippen molar-refractivity contribution >= 4 is 5.82 Å². The molecule has 0 radical (unpaired) electrons. The summed E-state index contributed by atoms with van der Waals surface area (Å²) < 4.78 is 4.86. The molecule has 1 aromatic rings. The fourth-order valence-corrected chi connectivity index (χ4v) is 0.893. The van der Waals surface area contributed by atoms with E-state index in [0.717, 1.165) is 0 Å². The van der Waals surface area contributed by atoms with Crippen molar-refractivity contribution in [1.29, 1.82) is 0 Å². The van der Waals surface area contributed by atoms with Crippen LogP contribution in [0.5, 0.6) is 5.75 Å². The first kappa shape index (κ1) is 9.53. The molecule has 0 spiro atoms. The predicted octanol–water partition coefficient (Wildman–Crippen LogP) is -0.851. The van der Waals surface area contributed by atoms with Crippen LogP contribution >= 0.6 is 0 Å². The number of nitrogens with zero attached hydrogens (tertiary/aromatic N) is 1. The van der Waals surface area contributed by atoms with E-state index in [9.17, 15) is 4.79 Å². The third-order valence-electron chi connectivity index (χ3n) is 1.45. The van der Waals surface area contributed by atoms with Crippen molar-refractivity contribution in [3.8, 4) is 5.75 Å². The molecule has 6 nitrogen and oxygen atoms in total. The lowest BCUT2D eigenvalue weighted by Gasteiger charge is -2.06. The average Bonchev–Trinajstić information content (AvgIpc) is 2.15. The molecule has 0 amide bonds. The number of aromatic amines is 1. The van der Waals surface area contributed by atoms with Gasteiger partial charge in [-0.3, -0.25) is 4.79 Å². The molecule has 1 heterocycles. The van der Waals surface area contributed by atoms with Gasteiger partial charge in [-0.1, -0.05) is 0 Å². The lowest BCUT2D eigenvalue weighted by molar-refractivity contribution is 0.408. The molecule has 0 saturated heterocycles. The number of ether oxygens (including phenoxy) is 1. The molecule has 0 aliphatic rings. The highest BCUT2D eigenvalue weighted by Gasteiger charge is 2.06. The zero-order chi connectivity index (χ0) is 9.68. The summed E-state index contributed by atoms with van der Waals surface area (Å²) >= 11 is 0. The molecule has 0 aromatic carbocycles. The smallest absolute Gasteiger partial charge is 0.295 e. The van der Waals surface area contributed by atoms with Gasteiger partial charge in [0.2, 0.25) is 5.75 Å². The SMILES string of the molecule is COc1c(NCCN)nc[nH]c1=O. The number of anilines is 1. The van der Waals surface area contributed by atoms with Crippen molar-refractivity contribution in [2.45, 2.75) is 0 Å². The third kappa shape index (κ3) is 2.19. The summed E-state index contributed by atoms with van der Waals surface area (Å²) in [5.74, 6) is 0.590. The van der Waals surface area contributed by atoms with Gasteiger partial charge in [0, 0.05) is 13.1 Å². The molecular weight excluding hydrogens is 172 g/mol. The van der Waals surface area contributed by atoms with Crippen molar-refractivity contribution in [1.82, 2.24) is 9.97 Å². The maximum absolute atomic E-state index is 11.1. The summed E-state index contributed by atoms with van der Waals surface area (Å²) in [7, 11) is 1.42. The molecule has 0 fully saturated rings. The molecule has 0 aliphatic carbocycles. The monoisotopic (exact) mass is 184 g/mol. The van der Waals surface area contributed by atoms with Crippen LogP contribution in [0.2, 0.25) is 0 Å². The first-order valence-electron chi connectivity index (χ1n) is 3.85. The molecule has 13 heavy (non-hydrogen) atoms. The van der Waals surface area contributed by atoms with Gasteiger partial charge in [-0.25, -0.2) is 4.98 Å². The molecule has 72 valence electrons. The van der Waals surface area contributed by atoms with Gasteiger partial charge in [-0.05, 0) is 0 Å². The minimum absolute atomic E-state index is 0.177. The minimum atomic E-state index is -0.308. The van der Waals surface area contributed by atoms with E-state index in [1.54, 1.807) is 0 Å². The molecule has 0 saturated carbocycles. The molecule has 1 aromatic heterocycles. The van der Waals surface area contributed by atoms with Crippen LogP contribution in [0.15, 0.2) is 11.1 Å². The highest BCUT2D eigenvalue weighted by Crippen LogP contribution is 2.12. The third-order valence-corrected chi connectivity index (χ3v) is 1.45. The molecule has 0 unspecified atom stereocenters. The van der Waals surface area contributed by atoms with E-state index in [2.05, 4.69) is 15.3 Å². The van der Waals surface area contributed by atoms with Gasteiger partial charge in [-0.15, -0.1) is 0 Å². The second-order valence-electron chi connectivity index (χ2n) is 2.33. The Morgan fingerprint density at radius 1 is 1.77 bits per heavy atom. The normalized spacial score (nSPS) is 9.69. The van der Waals surface area contributed by atoms with Crippen LogP contribution in [0.1, 0.15) is 0 Å². The number of hydrogen-bond donors (Lipinski definition) is 3. The molecule has 6 heteroatoms. The van der Waals surface area contributed by atoms with Gasteiger partial charge >= 0.3 is 0 Å². The topological polar surface area (TPSA) is 93.0 Å². The molecule has 1 rings (SSSR count). The van der Waals surface area contributed by atoms with Gasteiger partial charge in [0.1, 0.15) is 0 Å². The minimum Gasteiger partial charge on any atom is -0.489 e. The number of H-pyrrole nitrogens is 1. The Balaban J connectivity index is 2.92. The maximum atomic E-state index is 11.1. The molecule has 0 bridgehead atoms. The Morgan fingerprint density at radius 2 is 2.54 bits per heavy atom. The first-order valence-corrected chi connectivity index (χ1v) is 3.85. The Bertz CT molecular complexity index is 323. The Hall–Kier alpha value is -1.56. The Kier molecular flexibility index (Phi) is 3.27. The quantitative estimate of drug-likeness (QED) is 0.566. The second-order valence-corrected chi connectivity index (χ2v) is 2.33.